The number of halogens is 1. The molecule has 7 unspecified atom stereocenters. The maximum Gasteiger partial charge on any atom is 0.410 e. The Labute approximate surface area is 194 Å². The van der Waals surface area contributed by atoms with E-state index in [-0.39, 0.29) is 33.9 Å². The van der Waals surface area contributed by atoms with Gasteiger partial charge < -0.3 is 18.9 Å². The highest BCUT2D eigenvalue weighted by Crippen LogP contribution is 2.53. The van der Waals surface area contributed by atoms with E-state index in [9.17, 15) is 4.79 Å². The molecule has 8 atom stereocenters. The van der Waals surface area contributed by atoms with Gasteiger partial charge in [-0.25, -0.2) is 4.79 Å². The molecule has 0 bridgehead atoms. The van der Waals surface area contributed by atoms with Gasteiger partial charge in [-0.05, 0) is 63.7 Å². The van der Waals surface area contributed by atoms with Crippen molar-refractivity contribution in [1.29, 1.82) is 0 Å². The van der Waals surface area contributed by atoms with Crippen molar-refractivity contribution in [3.63, 3.8) is 0 Å². The number of carbonyl (C=O) groups is 1. The normalized spacial score (nSPS) is 43.5. The van der Waals surface area contributed by atoms with E-state index in [2.05, 4.69) is 50.3 Å². The highest BCUT2D eigenvalue weighted by molar-refractivity contribution is 14.1. The zero-order valence-corrected chi connectivity index (χ0v) is 21.2. The van der Waals surface area contributed by atoms with Crippen LogP contribution in [0.2, 0.25) is 0 Å². The highest BCUT2D eigenvalue weighted by atomic mass is 127. The average Bonchev–Trinajstić information content (AvgIpc) is 3.34. The summed E-state index contributed by atoms with van der Waals surface area (Å²) in [6.07, 6.45) is 4.27. The molecule has 6 nitrogen and oxygen atoms in total. The van der Waals surface area contributed by atoms with Gasteiger partial charge in [0, 0.05) is 19.6 Å². The molecule has 1 spiro atoms. The summed E-state index contributed by atoms with van der Waals surface area (Å²) in [6, 6.07) is 0. The van der Waals surface area contributed by atoms with Crippen molar-refractivity contribution in [2.24, 2.45) is 23.7 Å². The standard InChI is InChI=1S/C23H38INO5/c1-14-11-16(15(14)2)12-28-22(3,4)20-19(27-5)17(8-9-23(20)13-29-23)30-21(26)25-10-6-7-18(25)24/h14-20H,6-13H2,1-5H3/t14?,15-,16?,17?,18?,19?,20?,23?/m0/s1. The van der Waals surface area contributed by atoms with Crippen molar-refractivity contribution in [3.05, 3.63) is 0 Å². The molecular weight excluding hydrogens is 497 g/mol. The summed E-state index contributed by atoms with van der Waals surface area (Å²) in [6.45, 7) is 11.3. The van der Waals surface area contributed by atoms with Crippen molar-refractivity contribution < 1.29 is 23.7 Å². The number of hydrogen-bond acceptors (Lipinski definition) is 5. The summed E-state index contributed by atoms with van der Waals surface area (Å²) in [5.74, 6) is 2.16. The Bertz CT molecular complexity index is 639. The Hall–Kier alpha value is -0.120. The van der Waals surface area contributed by atoms with Crippen LogP contribution in [0.1, 0.15) is 59.8 Å². The maximum atomic E-state index is 12.8. The predicted molar refractivity (Wildman–Crippen MR) is 123 cm³/mol. The lowest BCUT2D eigenvalue weighted by Crippen LogP contribution is -2.59. The van der Waals surface area contributed by atoms with E-state index in [1.165, 1.54) is 6.42 Å². The molecule has 0 aromatic carbocycles. The Morgan fingerprint density at radius 2 is 2.03 bits per heavy atom. The van der Waals surface area contributed by atoms with Crippen molar-refractivity contribution in [2.45, 2.75) is 87.3 Å². The van der Waals surface area contributed by atoms with Crippen molar-refractivity contribution in [1.82, 2.24) is 4.90 Å². The lowest BCUT2D eigenvalue weighted by molar-refractivity contribution is -0.187. The Morgan fingerprint density at radius 1 is 1.30 bits per heavy atom. The van der Waals surface area contributed by atoms with Gasteiger partial charge in [-0.2, -0.15) is 0 Å². The van der Waals surface area contributed by atoms with Crippen LogP contribution in [0.15, 0.2) is 0 Å². The summed E-state index contributed by atoms with van der Waals surface area (Å²) in [7, 11) is 1.72. The number of likely N-dealkylation sites (tertiary alicyclic amines) is 1. The molecule has 0 aromatic heterocycles. The first-order valence-electron chi connectivity index (χ1n) is 11.6. The number of nitrogens with zero attached hydrogens (tertiary/aromatic N) is 1. The highest BCUT2D eigenvalue weighted by Gasteiger charge is 2.64. The molecule has 2 aliphatic heterocycles. The molecule has 4 fully saturated rings. The van der Waals surface area contributed by atoms with Crippen LogP contribution in [0.25, 0.3) is 0 Å². The fourth-order valence-electron chi connectivity index (χ4n) is 6.02. The Kier molecular flexibility index (Phi) is 6.66. The van der Waals surface area contributed by atoms with Gasteiger partial charge in [0.2, 0.25) is 0 Å². The molecule has 2 saturated carbocycles. The Morgan fingerprint density at radius 3 is 2.57 bits per heavy atom. The molecule has 0 radical (unpaired) electrons. The van der Waals surface area contributed by atoms with Gasteiger partial charge in [-0.1, -0.05) is 36.4 Å². The van der Waals surface area contributed by atoms with Crippen LogP contribution >= 0.6 is 22.6 Å². The molecule has 2 aliphatic carbocycles. The third-order valence-electron chi connectivity index (χ3n) is 8.30. The van der Waals surface area contributed by atoms with Crippen LogP contribution in [0.3, 0.4) is 0 Å². The van der Waals surface area contributed by atoms with Gasteiger partial charge in [-0.15, -0.1) is 0 Å². The van der Waals surface area contributed by atoms with E-state index in [1.807, 2.05) is 4.90 Å². The molecule has 1 amide bonds. The number of hydrogen-bond donors (Lipinski definition) is 0. The number of alkyl halides is 1. The third-order valence-corrected chi connectivity index (χ3v) is 9.60. The molecule has 2 heterocycles. The van der Waals surface area contributed by atoms with Gasteiger partial charge in [-0.3, -0.25) is 4.90 Å². The fraction of sp³-hybridized carbons (Fsp3) is 0.957. The van der Waals surface area contributed by atoms with Crippen molar-refractivity contribution >= 4 is 28.7 Å². The van der Waals surface area contributed by atoms with E-state index in [1.54, 1.807) is 7.11 Å². The summed E-state index contributed by atoms with van der Waals surface area (Å²) in [5, 5.41) is 0. The number of ether oxygens (including phenoxy) is 4. The van der Waals surface area contributed by atoms with E-state index < -0.39 is 5.60 Å². The zero-order valence-electron chi connectivity index (χ0n) is 19.1. The number of epoxide rings is 1. The van der Waals surface area contributed by atoms with Crippen molar-refractivity contribution in [3.8, 4) is 0 Å². The fourth-order valence-corrected chi connectivity index (χ4v) is 6.96. The largest absolute Gasteiger partial charge is 0.443 e. The zero-order chi connectivity index (χ0) is 21.7. The first-order valence-corrected chi connectivity index (χ1v) is 12.8. The lowest BCUT2D eigenvalue weighted by Gasteiger charge is -2.49. The first kappa shape index (κ1) is 23.1. The second-order valence-corrected chi connectivity index (χ2v) is 11.9. The predicted octanol–water partition coefficient (Wildman–Crippen LogP) is 4.63. The number of carbonyl (C=O) groups excluding carboxylic acids is 1. The molecule has 0 aromatic rings. The Balaban J connectivity index is 1.45. The molecule has 4 aliphatic rings. The smallest absolute Gasteiger partial charge is 0.410 e. The quantitative estimate of drug-likeness (QED) is 0.215. The molecule has 7 heteroatoms. The number of rotatable bonds is 6. The third kappa shape index (κ3) is 4.25. The number of amides is 1. The minimum absolute atomic E-state index is 0.0309. The van der Waals surface area contributed by atoms with E-state index in [0.29, 0.717) is 11.8 Å². The molecule has 0 N–H and O–H groups in total. The average molecular weight is 535 g/mol. The molecule has 30 heavy (non-hydrogen) atoms. The minimum Gasteiger partial charge on any atom is -0.443 e. The van der Waals surface area contributed by atoms with Crippen LogP contribution in [0, 0.1) is 23.7 Å². The van der Waals surface area contributed by atoms with Gasteiger partial charge in [0.25, 0.3) is 0 Å². The molecular formula is C23H38INO5. The summed E-state index contributed by atoms with van der Waals surface area (Å²) in [5.41, 5.74) is -0.620. The topological polar surface area (TPSA) is 60.5 Å². The molecule has 4 rings (SSSR count). The van der Waals surface area contributed by atoms with Gasteiger partial charge in [0.1, 0.15) is 12.2 Å². The number of methoxy groups -OCH3 is 1. The van der Waals surface area contributed by atoms with E-state index in [4.69, 9.17) is 18.9 Å². The van der Waals surface area contributed by atoms with Gasteiger partial charge >= 0.3 is 6.09 Å². The second kappa shape index (κ2) is 8.67. The lowest BCUT2D eigenvalue weighted by atomic mass is 9.66. The maximum absolute atomic E-state index is 12.8. The van der Waals surface area contributed by atoms with Crippen LogP contribution < -0.4 is 0 Å². The first-order chi connectivity index (χ1) is 14.2. The van der Waals surface area contributed by atoms with E-state index in [0.717, 1.165) is 51.4 Å². The molecule has 172 valence electrons. The minimum atomic E-state index is -0.416. The van der Waals surface area contributed by atoms with Crippen LogP contribution in [0.5, 0.6) is 0 Å². The SMILES string of the molecule is COC1C(OC(=O)N2CCCC2I)CCC2(CO2)C1C(C)(C)OCC1CC(C)[C@@H]1C. The van der Waals surface area contributed by atoms with Crippen molar-refractivity contribution in [2.75, 3.05) is 26.9 Å². The van der Waals surface area contributed by atoms with Gasteiger partial charge in [0.15, 0.2) is 0 Å². The second-order valence-electron chi connectivity index (χ2n) is 10.5. The summed E-state index contributed by atoms with van der Waals surface area (Å²) in [4.78, 5) is 14.7. The molecule has 2 saturated heterocycles. The van der Waals surface area contributed by atoms with Crippen LogP contribution in [-0.4, -0.2) is 65.3 Å². The summed E-state index contributed by atoms with van der Waals surface area (Å²) < 4.78 is 24.8. The van der Waals surface area contributed by atoms with Crippen LogP contribution in [-0.2, 0) is 18.9 Å². The van der Waals surface area contributed by atoms with Crippen LogP contribution in [0.4, 0.5) is 4.79 Å². The van der Waals surface area contributed by atoms with E-state index >= 15 is 0 Å². The monoisotopic (exact) mass is 535 g/mol. The summed E-state index contributed by atoms with van der Waals surface area (Å²) >= 11 is 2.33. The van der Waals surface area contributed by atoms with Gasteiger partial charge in [0.05, 0.1) is 28.5 Å².